The molecule has 2 rings (SSSR count). The number of carbonyl (C=O) groups excluding carboxylic acids is 2. The molecular weight excluding hydrogens is 360 g/mol. The molecule has 2 aromatic rings. The molecule has 0 fully saturated rings. The SMILES string of the molecule is CCOCc1cc(C(=O)OCC(=O)Nc2c(F)cccc2F)ccc1OC. The Labute approximate surface area is 155 Å². The van der Waals surface area contributed by atoms with E-state index >= 15 is 0 Å². The fraction of sp³-hybridized carbons (Fsp3) is 0.263. The molecule has 27 heavy (non-hydrogen) atoms. The number of benzene rings is 2. The van der Waals surface area contributed by atoms with Crippen LogP contribution in [0.3, 0.4) is 0 Å². The minimum Gasteiger partial charge on any atom is -0.496 e. The van der Waals surface area contributed by atoms with Crippen LogP contribution in [0.4, 0.5) is 14.5 Å². The lowest BCUT2D eigenvalue weighted by atomic mass is 10.1. The monoisotopic (exact) mass is 379 g/mol. The van der Waals surface area contributed by atoms with Gasteiger partial charge >= 0.3 is 5.97 Å². The molecule has 0 aliphatic heterocycles. The van der Waals surface area contributed by atoms with Gasteiger partial charge in [0.15, 0.2) is 6.61 Å². The smallest absolute Gasteiger partial charge is 0.338 e. The molecule has 0 spiro atoms. The summed E-state index contributed by atoms with van der Waals surface area (Å²) < 4.78 is 42.4. The highest BCUT2D eigenvalue weighted by atomic mass is 19.1. The van der Waals surface area contributed by atoms with Crippen LogP contribution in [0.5, 0.6) is 5.75 Å². The number of nitrogens with one attached hydrogen (secondary N) is 1. The summed E-state index contributed by atoms with van der Waals surface area (Å²) in [5.41, 5.74) is 0.240. The number of hydrogen-bond acceptors (Lipinski definition) is 5. The van der Waals surface area contributed by atoms with Crippen LogP contribution < -0.4 is 10.1 Å². The molecular formula is C19H19F2NO5. The van der Waals surface area contributed by atoms with Crippen molar-refractivity contribution in [3.63, 3.8) is 0 Å². The second kappa shape index (κ2) is 9.63. The van der Waals surface area contributed by atoms with Crippen LogP contribution in [0.2, 0.25) is 0 Å². The minimum atomic E-state index is -0.926. The van der Waals surface area contributed by atoms with E-state index in [1.165, 1.54) is 25.3 Å². The number of carbonyl (C=O) groups is 2. The topological polar surface area (TPSA) is 73.9 Å². The summed E-state index contributed by atoms with van der Waals surface area (Å²) in [5, 5.41) is 2.04. The number of rotatable bonds is 8. The van der Waals surface area contributed by atoms with Crippen molar-refractivity contribution in [3.8, 4) is 5.75 Å². The van der Waals surface area contributed by atoms with Gasteiger partial charge in [0.05, 0.1) is 19.3 Å². The Morgan fingerprint density at radius 1 is 1.11 bits per heavy atom. The molecule has 0 bridgehead atoms. The van der Waals surface area contributed by atoms with Crippen LogP contribution in [-0.4, -0.2) is 32.2 Å². The first-order valence-corrected chi connectivity index (χ1v) is 8.11. The highest BCUT2D eigenvalue weighted by Crippen LogP contribution is 2.21. The Kier molecular flexibility index (Phi) is 7.25. The second-order valence-corrected chi connectivity index (χ2v) is 5.38. The van der Waals surface area contributed by atoms with Gasteiger partial charge in [-0.25, -0.2) is 13.6 Å². The summed E-state index contributed by atoms with van der Waals surface area (Å²) in [7, 11) is 1.49. The third-order valence-electron chi connectivity index (χ3n) is 3.54. The van der Waals surface area contributed by atoms with Crippen molar-refractivity contribution in [2.24, 2.45) is 0 Å². The molecule has 6 nitrogen and oxygen atoms in total. The fourth-order valence-corrected chi connectivity index (χ4v) is 2.24. The lowest BCUT2D eigenvalue weighted by molar-refractivity contribution is -0.119. The Hall–Kier alpha value is -3.00. The Bertz CT molecular complexity index is 805. The number of hydrogen-bond donors (Lipinski definition) is 1. The van der Waals surface area contributed by atoms with Gasteiger partial charge in [-0.3, -0.25) is 4.79 Å². The molecule has 1 N–H and O–H groups in total. The third-order valence-corrected chi connectivity index (χ3v) is 3.54. The zero-order valence-electron chi connectivity index (χ0n) is 14.9. The molecule has 0 saturated carbocycles. The van der Waals surface area contributed by atoms with Gasteiger partial charge in [0.2, 0.25) is 0 Å². The molecule has 0 atom stereocenters. The molecule has 2 aromatic carbocycles. The van der Waals surface area contributed by atoms with Gasteiger partial charge in [0.25, 0.3) is 5.91 Å². The van der Waals surface area contributed by atoms with Crippen molar-refractivity contribution >= 4 is 17.6 Å². The van der Waals surface area contributed by atoms with E-state index in [2.05, 4.69) is 0 Å². The van der Waals surface area contributed by atoms with Gasteiger partial charge in [0, 0.05) is 12.2 Å². The number of esters is 1. The molecule has 0 saturated heterocycles. The van der Waals surface area contributed by atoms with Crippen molar-refractivity contribution in [2.45, 2.75) is 13.5 Å². The predicted molar refractivity (Wildman–Crippen MR) is 93.6 cm³/mol. The summed E-state index contributed by atoms with van der Waals surface area (Å²) in [6.07, 6.45) is 0. The molecule has 8 heteroatoms. The zero-order chi connectivity index (χ0) is 19.8. The third kappa shape index (κ3) is 5.49. The number of ether oxygens (including phenoxy) is 3. The lowest BCUT2D eigenvalue weighted by Gasteiger charge is -2.11. The Balaban J connectivity index is 1.99. The maximum Gasteiger partial charge on any atom is 0.338 e. The first kappa shape index (κ1) is 20.3. The number of amides is 1. The highest BCUT2D eigenvalue weighted by Gasteiger charge is 2.16. The van der Waals surface area contributed by atoms with Crippen LogP contribution in [0.25, 0.3) is 0 Å². The van der Waals surface area contributed by atoms with Crippen LogP contribution in [0.1, 0.15) is 22.8 Å². The first-order chi connectivity index (χ1) is 13.0. The average Bonchev–Trinajstić information content (AvgIpc) is 2.67. The fourth-order valence-electron chi connectivity index (χ4n) is 2.24. The molecule has 1 amide bonds. The largest absolute Gasteiger partial charge is 0.496 e. The molecule has 0 heterocycles. The summed E-state index contributed by atoms with van der Waals surface area (Å²) in [6, 6.07) is 7.77. The van der Waals surface area contributed by atoms with E-state index in [0.717, 1.165) is 12.1 Å². The summed E-state index contributed by atoms with van der Waals surface area (Å²) >= 11 is 0. The Morgan fingerprint density at radius 3 is 2.44 bits per heavy atom. The van der Waals surface area contributed by atoms with Crippen LogP contribution in [0.15, 0.2) is 36.4 Å². The van der Waals surface area contributed by atoms with Crippen molar-refractivity contribution in [1.82, 2.24) is 0 Å². The standard InChI is InChI=1S/C19H19F2NO5/c1-3-26-10-13-9-12(7-8-16(13)25-2)19(24)27-11-17(23)22-18-14(20)5-4-6-15(18)21/h4-9H,3,10-11H2,1-2H3,(H,22,23). The number of halogens is 2. The lowest BCUT2D eigenvalue weighted by Crippen LogP contribution is -2.22. The average molecular weight is 379 g/mol. The summed E-state index contributed by atoms with van der Waals surface area (Å²) in [4.78, 5) is 23.9. The van der Waals surface area contributed by atoms with E-state index in [4.69, 9.17) is 14.2 Å². The van der Waals surface area contributed by atoms with Crippen LogP contribution >= 0.6 is 0 Å². The van der Waals surface area contributed by atoms with Crippen LogP contribution in [0, 0.1) is 11.6 Å². The van der Waals surface area contributed by atoms with Crippen LogP contribution in [-0.2, 0) is 20.9 Å². The first-order valence-electron chi connectivity index (χ1n) is 8.11. The van der Waals surface area contributed by atoms with E-state index in [9.17, 15) is 18.4 Å². The number of methoxy groups -OCH3 is 1. The van der Waals surface area contributed by atoms with Gasteiger partial charge in [-0.15, -0.1) is 0 Å². The number of anilines is 1. The van der Waals surface area contributed by atoms with E-state index in [1.807, 2.05) is 12.2 Å². The molecule has 0 aliphatic carbocycles. The van der Waals surface area contributed by atoms with Gasteiger partial charge < -0.3 is 19.5 Å². The van der Waals surface area contributed by atoms with E-state index in [-0.39, 0.29) is 12.2 Å². The quantitative estimate of drug-likeness (QED) is 0.713. The summed E-state index contributed by atoms with van der Waals surface area (Å²) in [5.74, 6) is -2.93. The normalized spacial score (nSPS) is 10.4. The van der Waals surface area contributed by atoms with Crippen molar-refractivity contribution in [2.75, 3.05) is 25.6 Å². The maximum absolute atomic E-state index is 13.5. The molecule has 0 unspecified atom stereocenters. The van der Waals surface area contributed by atoms with E-state index < -0.39 is 35.8 Å². The van der Waals surface area contributed by atoms with Gasteiger partial charge in [0.1, 0.15) is 23.1 Å². The van der Waals surface area contributed by atoms with E-state index in [0.29, 0.717) is 17.9 Å². The maximum atomic E-state index is 13.5. The van der Waals surface area contributed by atoms with Crippen molar-refractivity contribution in [3.05, 3.63) is 59.2 Å². The van der Waals surface area contributed by atoms with Gasteiger partial charge in [-0.05, 0) is 37.3 Å². The Morgan fingerprint density at radius 2 is 1.81 bits per heavy atom. The number of para-hydroxylation sites is 1. The van der Waals surface area contributed by atoms with Crippen molar-refractivity contribution < 1.29 is 32.6 Å². The second-order valence-electron chi connectivity index (χ2n) is 5.38. The molecule has 0 radical (unpaired) electrons. The van der Waals surface area contributed by atoms with Gasteiger partial charge in [-0.1, -0.05) is 6.07 Å². The molecule has 0 aliphatic rings. The highest BCUT2D eigenvalue weighted by molar-refractivity contribution is 5.95. The minimum absolute atomic E-state index is 0.190. The van der Waals surface area contributed by atoms with Gasteiger partial charge in [-0.2, -0.15) is 0 Å². The van der Waals surface area contributed by atoms with Crippen molar-refractivity contribution in [1.29, 1.82) is 0 Å². The molecule has 0 aromatic heterocycles. The molecule has 144 valence electrons. The summed E-state index contributed by atoms with van der Waals surface area (Å²) in [6.45, 7) is 1.87. The predicted octanol–water partition coefficient (Wildman–Crippen LogP) is 3.31. The van der Waals surface area contributed by atoms with E-state index in [1.54, 1.807) is 6.07 Å². The zero-order valence-corrected chi connectivity index (χ0v) is 14.9.